The number of aryl methyl sites for hydroxylation is 3. The third-order valence-electron chi connectivity index (χ3n) is 4.65. The van der Waals surface area contributed by atoms with E-state index < -0.39 is 17.8 Å². The molecule has 1 saturated heterocycles. The van der Waals surface area contributed by atoms with Crippen molar-refractivity contribution >= 4 is 29.2 Å². The molecular formula is C22H24N2O4. The number of hydrogen-bond acceptors (Lipinski definition) is 4. The predicted octanol–water partition coefficient (Wildman–Crippen LogP) is 3.15. The van der Waals surface area contributed by atoms with Crippen LogP contribution in [0.4, 0.5) is 11.4 Å². The fourth-order valence-electron chi connectivity index (χ4n) is 3.34. The lowest BCUT2D eigenvalue weighted by atomic mass is 10.1. The summed E-state index contributed by atoms with van der Waals surface area (Å²) >= 11 is 0. The number of amides is 2. The summed E-state index contributed by atoms with van der Waals surface area (Å²) in [6, 6.07) is 13.3. The molecule has 0 bridgehead atoms. The molecule has 1 heterocycles. The minimum Gasteiger partial charge on any atom is -0.455 e. The van der Waals surface area contributed by atoms with Crippen LogP contribution in [0, 0.1) is 26.7 Å². The molecule has 0 aliphatic carbocycles. The molecular weight excluding hydrogens is 356 g/mol. The minimum absolute atomic E-state index is 0.0887. The molecule has 1 aliphatic rings. The molecule has 2 aromatic rings. The number of nitrogens with one attached hydrogen (secondary N) is 1. The molecule has 1 atom stereocenters. The molecule has 3 rings (SSSR count). The van der Waals surface area contributed by atoms with E-state index in [-0.39, 0.29) is 25.5 Å². The molecule has 2 aromatic carbocycles. The van der Waals surface area contributed by atoms with Crippen LogP contribution in [-0.2, 0) is 19.1 Å². The van der Waals surface area contributed by atoms with Crippen molar-refractivity contribution in [3.8, 4) is 0 Å². The number of carbonyl (C=O) groups excluding carboxylic acids is 3. The van der Waals surface area contributed by atoms with Gasteiger partial charge in [-0.2, -0.15) is 0 Å². The second kappa shape index (κ2) is 8.25. The summed E-state index contributed by atoms with van der Waals surface area (Å²) in [5.41, 5.74) is 4.60. The number of rotatable bonds is 5. The Bertz CT molecular complexity index is 885. The first-order chi connectivity index (χ1) is 13.3. The lowest BCUT2D eigenvalue weighted by Gasteiger charge is -2.16. The number of carbonyl (C=O) groups is 3. The zero-order chi connectivity index (χ0) is 20.3. The highest BCUT2D eigenvalue weighted by Gasteiger charge is 2.36. The van der Waals surface area contributed by atoms with Gasteiger partial charge in [0.1, 0.15) is 0 Å². The SMILES string of the molecule is Cc1ccc(N2C[C@H](C(=O)OCC(=O)Nc3cc(C)cc(C)c3)CC2=O)cc1. The maximum absolute atomic E-state index is 12.3. The third kappa shape index (κ3) is 4.76. The van der Waals surface area contributed by atoms with Crippen molar-refractivity contribution in [1.82, 2.24) is 0 Å². The van der Waals surface area contributed by atoms with Crippen LogP contribution >= 0.6 is 0 Å². The fraction of sp³-hybridized carbons (Fsp3) is 0.318. The van der Waals surface area contributed by atoms with Gasteiger partial charge in [-0.05, 0) is 56.2 Å². The summed E-state index contributed by atoms with van der Waals surface area (Å²) in [6.07, 6.45) is 0.0887. The van der Waals surface area contributed by atoms with Gasteiger partial charge in [0.05, 0.1) is 5.92 Å². The van der Waals surface area contributed by atoms with Gasteiger partial charge in [0.2, 0.25) is 5.91 Å². The minimum atomic E-state index is -0.567. The molecule has 1 aliphatic heterocycles. The molecule has 0 spiro atoms. The third-order valence-corrected chi connectivity index (χ3v) is 4.65. The smallest absolute Gasteiger partial charge is 0.311 e. The van der Waals surface area contributed by atoms with Crippen LogP contribution in [0.2, 0.25) is 0 Å². The Hall–Kier alpha value is -3.15. The fourth-order valence-corrected chi connectivity index (χ4v) is 3.34. The topological polar surface area (TPSA) is 75.7 Å². The van der Waals surface area contributed by atoms with E-state index in [9.17, 15) is 14.4 Å². The second-order valence-corrected chi connectivity index (χ2v) is 7.27. The molecule has 0 saturated carbocycles. The standard InChI is InChI=1S/C22H24N2O4/c1-14-4-6-19(7-5-14)24-12-17(11-21(24)26)22(27)28-13-20(25)23-18-9-15(2)8-16(3)10-18/h4-10,17H,11-13H2,1-3H3,(H,23,25)/t17-/m1/s1. The zero-order valence-corrected chi connectivity index (χ0v) is 16.3. The van der Waals surface area contributed by atoms with E-state index in [0.29, 0.717) is 5.69 Å². The number of esters is 1. The molecule has 146 valence electrons. The van der Waals surface area contributed by atoms with Gasteiger partial charge in [-0.3, -0.25) is 14.4 Å². The monoisotopic (exact) mass is 380 g/mol. The van der Waals surface area contributed by atoms with Gasteiger partial charge in [-0.25, -0.2) is 0 Å². The van der Waals surface area contributed by atoms with E-state index in [2.05, 4.69) is 5.32 Å². The molecule has 6 heteroatoms. The van der Waals surface area contributed by atoms with E-state index in [1.807, 2.05) is 63.2 Å². The molecule has 0 radical (unpaired) electrons. The molecule has 6 nitrogen and oxygen atoms in total. The summed E-state index contributed by atoms with van der Waals surface area (Å²) in [5.74, 6) is -1.62. The van der Waals surface area contributed by atoms with Crippen LogP contribution < -0.4 is 10.2 Å². The maximum Gasteiger partial charge on any atom is 0.311 e. The Morgan fingerprint density at radius 1 is 1.04 bits per heavy atom. The van der Waals surface area contributed by atoms with Gasteiger partial charge < -0.3 is 15.0 Å². The lowest BCUT2D eigenvalue weighted by Crippen LogP contribution is -2.28. The first kappa shape index (κ1) is 19.6. The number of hydrogen-bond donors (Lipinski definition) is 1. The summed E-state index contributed by atoms with van der Waals surface area (Å²) in [4.78, 5) is 38.2. The zero-order valence-electron chi connectivity index (χ0n) is 16.3. The van der Waals surface area contributed by atoms with Crippen LogP contribution in [0.25, 0.3) is 0 Å². The maximum atomic E-state index is 12.3. The Morgan fingerprint density at radius 3 is 2.32 bits per heavy atom. The van der Waals surface area contributed by atoms with E-state index in [0.717, 1.165) is 22.4 Å². The highest BCUT2D eigenvalue weighted by atomic mass is 16.5. The van der Waals surface area contributed by atoms with Gasteiger partial charge >= 0.3 is 5.97 Å². The lowest BCUT2D eigenvalue weighted by molar-refractivity contribution is -0.151. The van der Waals surface area contributed by atoms with Gasteiger partial charge in [0, 0.05) is 24.3 Å². The number of nitrogens with zero attached hydrogens (tertiary/aromatic N) is 1. The van der Waals surface area contributed by atoms with Crippen molar-refractivity contribution in [2.75, 3.05) is 23.4 Å². The summed E-state index contributed by atoms with van der Waals surface area (Å²) in [5, 5.41) is 2.72. The van der Waals surface area contributed by atoms with Gasteiger partial charge in [-0.15, -0.1) is 0 Å². The number of anilines is 2. The predicted molar refractivity (Wildman–Crippen MR) is 107 cm³/mol. The van der Waals surface area contributed by atoms with Crippen molar-refractivity contribution < 1.29 is 19.1 Å². The summed E-state index contributed by atoms with van der Waals surface area (Å²) < 4.78 is 5.14. The van der Waals surface area contributed by atoms with E-state index in [1.54, 1.807) is 4.90 Å². The quantitative estimate of drug-likeness (QED) is 0.809. The first-order valence-corrected chi connectivity index (χ1v) is 9.23. The van der Waals surface area contributed by atoms with E-state index in [1.165, 1.54) is 0 Å². The molecule has 1 fully saturated rings. The van der Waals surface area contributed by atoms with Crippen molar-refractivity contribution in [3.05, 3.63) is 59.2 Å². The molecule has 0 unspecified atom stereocenters. The van der Waals surface area contributed by atoms with Gasteiger partial charge in [0.15, 0.2) is 6.61 Å². The Balaban J connectivity index is 1.53. The normalized spacial score (nSPS) is 16.2. The average molecular weight is 380 g/mol. The molecule has 28 heavy (non-hydrogen) atoms. The second-order valence-electron chi connectivity index (χ2n) is 7.27. The van der Waals surface area contributed by atoms with Crippen LogP contribution in [0.15, 0.2) is 42.5 Å². The average Bonchev–Trinajstić information content (AvgIpc) is 3.01. The van der Waals surface area contributed by atoms with Gasteiger partial charge in [-0.1, -0.05) is 23.8 Å². The highest BCUT2D eigenvalue weighted by Crippen LogP contribution is 2.26. The van der Waals surface area contributed by atoms with E-state index in [4.69, 9.17) is 4.74 Å². The van der Waals surface area contributed by atoms with Crippen LogP contribution in [0.3, 0.4) is 0 Å². The number of benzene rings is 2. The van der Waals surface area contributed by atoms with Crippen molar-refractivity contribution in [2.24, 2.45) is 5.92 Å². The summed E-state index contributed by atoms with van der Waals surface area (Å²) in [6.45, 7) is 5.75. The van der Waals surface area contributed by atoms with Crippen molar-refractivity contribution in [3.63, 3.8) is 0 Å². The number of ether oxygens (including phenoxy) is 1. The van der Waals surface area contributed by atoms with Gasteiger partial charge in [0.25, 0.3) is 5.91 Å². The van der Waals surface area contributed by atoms with Crippen LogP contribution in [0.1, 0.15) is 23.1 Å². The Labute approximate surface area is 164 Å². The Kier molecular flexibility index (Phi) is 5.78. The first-order valence-electron chi connectivity index (χ1n) is 9.23. The van der Waals surface area contributed by atoms with Crippen LogP contribution in [0.5, 0.6) is 0 Å². The van der Waals surface area contributed by atoms with E-state index >= 15 is 0 Å². The summed E-state index contributed by atoms with van der Waals surface area (Å²) in [7, 11) is 0. The molecule has 0 aromatic heterocycles. The molecule has 1 N–H and O–H groups in total. The molecule has 2 amide bonds. The van der Waals surface area contributed by atoms with Crippen LogP contribution in [-0.4, -0.2) is 30.9 Å². The Morgan fingerprint density at radius 2 is 1.68 bits per heavy atom. The largest absolute Gasteiger partial charge is 0.455 e. The van der Waals surface area contributed by atoms with Crippen molar-refractivity contribution in [2.45, 2.75) is 27.2 Å². The highest BCUT2D eigenvalue weighted by molar-refractivity contribution is 6.00. The van der Waals surface area contributed by atoms with Crippen molar-refractivity contribution in [1.29, 1.82) is 0 Å².